The van der Waals surface area contributed by atoms with Crippen molar-refractivity contribution in [1.82, 2.24) is 0 Å². The number of aryl methyl sites for hydroxylation is 2. The topological polar surface area (TPSA) is 57.7 Å². The summed E-state index contributed by atoms with van der Waals surface area (Å²) in [5.74, 6) is -2.85. The van der Waals surface area contributed by atoms with E-state index in [2.05, 4.69) is 0 Å². The van der Waals surface area contributed by atoms with Crippen LogP contribution in [0.15, 0.2) is 109 Å². The zero-order chi connectivity index (χ0) is 27.5. The van der Waals surface area contributed by atoms with E-state index in [0.29, 0.717) is 16.9 Å². The van der Waals surface area contributed by atoms with E-state index in [1.807, 2.05) is 98.8 Å². The van der Waals surface area contributed by atoms with Crippen molar-refractivity contribution < 1.29 is 14.4 Å². The van der Waals surface area contributed by atoms with E-state index in [0.717, 1.165) is 16.7 Å². The Labute approximate surface area is 233 Å². The second-order valence-corrected chi connectivity index (χ2v) is 10.1. The van der Waals surface area contributed by atoms with E-state index in [-0.39, 0.29) is 17.3 Å². The second kappa shape index (κ2) is 11.1. The molecule has 1 unspecified atom stereocenters. The molecule has 0 N–H and O–H groups in total. The quantitative estimate of drug-likeness (QED) is 0.152. The van der Waals surface area contributed by atoms with Crippen LogP contribution >= 0.6 is 12.2 Å². The maximum atomic E-state index is 14.4. The molecule has 1 aliphatic heterocycles. The summed E-state index contributed by atoms with van der Waals surface area (Å²) < 4.78 is 0. The Morgan fingerprint density at radius 2 is 1.13 bits per heavy atom. The number of benzene rings is 4. The molecule has 0 aliphatic carbocycles. The Morgan fingerprint density at radius 3 is 1.62 bits per heavy atom. The molecular weight excluding hydrogens is 504 g/mol. The Bertz CT molecular complexity index is 1480. The van der Waals surface area contributed by atoms with E-state index >= 15 is 0 Å². The predicted octanol–water partition coefficient (Wildman–Crippen LogP) is 6.64. The number of anilines is 2. The Morgan fingerprint density at radius 1 is 0.692 bits per heavy atom. The molecule has 2 amide bonds. The van der Waals surface area contributed by atoms with Crippen molar-refractivity contribution in [2.75, 3.05) is 9.80 Å². The van der Waals surface area contributed by atoms with Crippen LogP contribution in [0.4, 0.5) is 11.4 Å². The number of carbonyl (C=O) groups excluding carboxylic acids is 3. The Kier molecular flexibility index (Phi) is 7.48. The smallest absolute Gasteiger partial charge is 0.246 e. The lowest BCUT2D eigenvalue weighted by Crippen LogP contribution is -2.62. The average Bonchev–Trinajstić information content (AvgIpc) is 2.95. The molecule has 4 aromatic carbocycles. The summed E-state index contributed by atoms with van der Waals surface area (Å²) in [4.78, 5) is 45.2. The summed E-state index contributed by atoms with van der Waals surface area (Å²) >= 11 is 5.85. The number of ketones is 1. The van der Waals surface area contributed by atoms with Crippen LogP contribution in [0, 0.1) is 19.8 Å². The van der Waals surface area contributed by atoms with Crippen molar-refractivity contribution in [1.29, 1.82) is 0 Å². The first kappa shape index (κ1) is 26.2. The Balaban J connectivity index is 1.67. The van der Waals surface area contributed by atoms with E-state index in [1.165, 1.54) is 9.80 Å². The molecule has 0 spiro atoms. The van der Waals surface area contributed by atoms with Crippen LogP contribution in [-0.4, -0.2) is 22.7 Å². The van der Waals surface area contributed by atoms with Gasteiger partial charge in [-0.2, -0.15) is 0 Å². The summed E-state index contributed by atoms with van der Waals surface area (Å²) in [6, 6.07) is 33.2. The summed E-state index contributed by atoms with van der Waals surface area (Å²) in [5.41, 5.74) is 4.21. The molecule has 5 rings (SSSR count). The zero-order valence-electron chi connectivity index (χ0n) is 21.8. The standard InChI is InChI=1S/C33H28N2O3S/c1-22-13-9-11-19-27(22)34-31(37)30(32(38)35(33(34)39)28-20-12-10-14-23(28)2)26(24-15-5-3-6-16-24)21-29(36)25-17-7-4-8-18-25/h3-20,26,30H,21H2,1-2H3. The summed E-state index contributed by atoms with van der Waals surface area (Å²) in [6.45, 7) is 3.81. The average molecular weight is 533 g/mol. The van der Waals surface area contributed by atoms with Crippen LogP contribution in [0.25, 0.3) is 0 Å². The van der Waals surface area contributed by atoms with Crippen LogP contribution < -0.4 is 9.80 Å². The van der Waals surface area contributed by atoms with Crippen molar-refractivity contribution in [2.45, 2.75) is 26.2 Å². The molecule has 194 valence electrons. The SMILES string of the molecule is Cc1ccccc1N1C(=O)C(C(CC(=O)c2ccccc2)c2ccccc2)C(=O)N(c2ccccc2C)C1=S. The van der Waals surface area contributed by atoms with E-state index in [9.17, 15) is 14.4 Å². The van der Waals surface area contributed by atoms with Gasteiger partial charge in [0.2, 0.25) is 11.8 Å². The van der Waals surface area contributed by atoms with E-state index < -0.39 is 23.7 Å². The number of hydrogen-bond donors (Lipinski definition) is 0. The van der Waals surface area contributed by atoms with Gasteiger partial charge in [0.05, 0.1) is 11.4 Å². The third-order valence-corrected chi connectivity index (χ3v) is 7.56. The highest BCUT2D eigenvalue weighted by Crippen LogP contribution is 2.39. The number of Topliss-reactive ketones (excluding diaryl/α,β-unsaturated/α-hetero) is 1. The summed E-state index contributed by atoms with van der Waals surface area (Å²) in [7, 11) is 0. The highest BCUT2D eigenvalue weighted by Gasteiger charge is 2.49. The molecule has 1 heterocycles. The fraction of sp³-hybridized carbons (Fsp3) is 0.152. The molecule has 6 heteroatoms. The molecule has 0 saturated carbocycles. The molecule has 1 aliphatic rings. The highest BCUT2D eigenvalue weighted by molar-refractivity contribution is 7.81. The molecule has 0 bridgehead atoms. The molecule has 4 aromatic rings. The van der Waals surface area contributed by atoms with Gasteiger partial charge in [-0.05, 0) is 54.9 Å². The van der Waals surface area contributed by atoms with Gasteiger partial charge < -0.3 is 0 Å². The lowest BCUT2D eigenvalue weighted by atomic mass is 9.78. The van der Waals surface area contributed by atoms with E-state index in [1.54, 1.807) is 24.3 Å². The fourth-order valence-corrected chi connectivity index (χ4v) is 5.54. The number of nitrogens with zero attached hydrogens (tertiary/aromatic N) is 2. The first-order valence-corrected chi connectivity index (χ1v) is 13.3. The highest BCUT2D eigenvalue weighted by atomic mass is 32.1. The zero-order valence-corrected chi connectivity index (χ0v) is 22.6. The van der Waals surface area contributed by atoms with Crippen molar-refractivity contribution in [2.24, 2.45) is 5.92 Å². The molecule has 1 atom stereocenters. The molecule has 0 radical (unpaired) electrons. The molecule has 1 saturated heterocycles. The number of thiocarbonyl (C=S) groups is 1. The monoisotopic (exact) mass is 532 g/mol. The van der Waals surface area contributed by atoms with Gasteiger partial charge in [0.25, 0.3) is 0 Å². The maximum Gasteiger partial charge on any atom is 0.246 e. The molecule has 0 aromatic heterocycles. The lowest BCUT2D eigenvalue weighted by molar-refractivity contribution is -0.133. The van der Waals surface area contributed by atoms with Crippen LogP contribution in [0.5, 0.6) is 0 Å². The lowest BCUT2D eigenvalue weighted by Gasteiger charge is -2.42. The third kappa shape index (κ3) is 5.03. The van der Waals surface area contributed by atoms with Crippen LogP contribution in [0.2, 0.25) is 0 Å². The summed E-state index contributed by atoms with van der Waals surface area (Å²) in [6.07, 6.45) is -0.00778. The largest absolute Gasteiger partial charge is 0.294 e. The van der Waals surface area contributed by atoms with Crippen LogP contribution in [0.3, 0.4) is 0 Å². The van der Waals surface area contributed by atoms with Gasteiger partial charge in [0, 0.05) is 17.9 Å². The first-order valence-electron chi connectivity index (χ1n) is 12.8. The second-order valence-electron chi connectivity index (χ2n) is 9.69. The minimum absolute atomic E-state index is 0.00778. The normalized spacial score (nSPS) is 15.0. The van der Waals surface area contributed by atoms with Crippen LogP contribution in [0.1, 0.15) is 39.4 Å². The van der Waals surface area contributed by atoms with Gasteiger partial charge in [-0.1, -0.05) is 97.1 Å². The Hall–Kier alpha value is -4.42. The number of amides is 2. The van der Waals surface area contributed by atoms with Gasteiger partial charge in [-0.25, -0.2) is 0 Å². The number of carbonyl (C=O) groups is 3. The maximum absolute atomic E-state index is 14.4. The summed E-state index contributed by atoms with van der Waals surface area (Å²) in [5, 5.41) is 0.103. The number of rotatable bonds is 7. The minimum Gasteiger partial charge on any atom is -0.294 e. The van der Waals surface area contributed by atoms with Crippen molar-refractivity contribution in [3.05, 3.63) is 131 Å². The molecule has 5 nitrogen and oxygen atoms in total. The third-order valence-electron chi connectivity index (χ3n) is 7.20. The first-order chi connectivity index (χ1) is 18.9. The van der Waals surface area contributed by atoms with Crippen LogP contribution in [-0.2, 0) is 9.59 Å². The van der Waals surface area contributed by atoms with Crippen molar-refractivity contribution >= 4 is 46.3 Å². The van der Waals surface area contributed by atoms with Crippen molar-refractivity contribution in [3.8, 4) is 0 Å². The molecule has 1 fully saturated rings. The number of para-hydroxylation sites is 2. The van der Waals surface area contributed by atoms with Gasteiger partial charge in [-0.15, -0.1) is 0 Å². The minimum atomic E-state index is -1.16. The fourth-order valence-electron chi connectivity index (χ4n) is 5.16. The molecular formula is C33H28N2O3S. The predicted molar refractivity (Wildman–Crippen MR) is 158 cm³/mol. The number of hydrogen-bond acceptors (Lipinski definition) is 4. The van der Waals surface area contributed by atoms with Gasteiger partial charge in [-0.3, -0.25) is 24.2 Å². The van der Waals surface area contributed by atoms with E-state index in [4.69, 9.17) is 12.2 Å². The van der Waals surface area contributed by atoms with Gasteiger partial charge in [0.15, 0.2) is 10.9 Å². The van der Waals surface area contributed by atoms with Gasteiger partial charge >= 0.3 is 0 Å². The molecule has 39 heavy (non-hydrogen) atoms. The van der Waals surface area contributed by atoms with Gasteiger partial charge in [0.1, 0.15) is 5.92 Å². The van der Waals surface area contributed by atoms with Crippen molar-refractivity contribution in [3.63, 3.8) is 0 Å².